The first-order valence-electron chi connectivity index (χ1n) is 6.51. The zero-order chi connectivity index (χ0) is 13.3. The molecular formula is C15H27NS. The van der Waals surface area contributed by atoms with Crippen LogP contribution in [0.4, 0.5) is 0 Å². The van der Waals surface area contributed by atoms with E-state index < -0.39 is 0 Å². The predicted molar refractivity (Wildman–Crippen MR) is 82.9 cm³/mol. The molecule has 1 atom stereocenters. The lowest BCUT2D eigenvalue weighted by Gasteiger charge is -2.27. The van der Waals surface area contributed by atoms with Gasteiger partial charge in [0.15, 0.2) is 0 Å². The molecule has 2 heteroatoms. The monoisotopic (exact) mass is 253 g/mol. The molecule has 0 radical (unpaired) electrons. The van der Waals surface area contributed by atoms with E-state index in [1.165, 1.54) is 24.8 Å². The molecule has 0 aromatic carbocycles. The van der Waals surface area contributed by atoms with Gasteiger partial charge in [-0.2, -0.15) is 0 Å². The minimum Gasteiger partial charge on any atom is -0.223 e. The van der Waals surface area contributed by atoms with E-state index in [2.05, 4.69) is 45.3 Å². The SMILES string of the molecule is C=C(C=NSC(C)(CCCCC)C(=C)C)CC. The molecule has 0 aromatic heterocycles. The van der Waals surface area contributed by atoms with Crippen molar-refractivity contribution in [2.45, 2.75) is 64.5 Å². The van der Waals surface area contributed by atoms with E-state index in [1.54, 1.807) is 11.9 Å². The molecule has 0 heterocycles. The summed E-state index contributed by atoms with van der Waals surface area (Å²) < 4.78 is 4.51. The van der Waals surface area contributed by atoms with E-state index in [-0.39, 0.29) is 4.75 Å². The smallest absolute Gasteiger partial charge is 0.0553 e. The fourth-order valence-electron chi connectivity index (χ4n) is 1.36. The zero-order valence-corrected chi connectivity index (χ0v) is 12.7. The molecule has 17 heavy (non-hydrogen) atoms. The average Bonchev–Trinajstić information content (AvgIpc) is 2.29. The van der Waals surface area contributed by atoms with Crippen molar-refractivity contribution in [1.29, 1.82) is 0 Å². The van der Waals surface area contributed by atoms with Crippen LogP contribution in [0.3, 0.4) is 0 Å². The van der Waals surface area contributed by atoms with Gasteiger partial charge in [0.2, 0.25) is 0 Å². The normalized spacial score (nSPS) is 14.8. The van der Waals surface area contributed by atoms with Crippen LogP contribution in [0.15, 0.2) is 28.7 Å². The number of hydrogen-bond acceptors (Lipinski definition) is 2. The van der Waals surface area contributed by atoms with E-state index in [4.69, 9.17) is 0 Å². The van der Waals surface area contributed by atoms with Gasteiger partial charge >= 0.3 is 0 Å². The molecular weight excluding hydrogens is 226 g/mol. The van der Waals surface area contributed by atoms with Crippen molar-refractivity contribution in [2.75, 3.05) is 0 Å². The third kappa shape index (κ3) is 6.72. The minimum absolute atomic E-state index is 0.0691. The minimum atomic E-state index is 0.0691. The summed E-state index contributed by atoms with van der Waals surface area (Å²) >= 11 is 1.64. The topological polar surface area (TPSA) is 12.4 Å². The molecule has 98 valence electrons. The van der Waals surface area contributed by atoms with Crippen molar-refractivity contribution in [2.24, 2.45) is 4.40 Å². The van der Waals surface area contributed by atoms with Gasteiger partial charge in [0, 0.05) is 6.21 Å². The van der Waals surface area contributed by atoms with E-state index in [1.807, 2.05) is 6.21 Å². The summed E-state index contributed by atoms with van der Waals surface area (Å²) in [4.78, 5) is 0. The number of nitrogens with zero attached hydrogens (tertiary/aromatic N) is 1. The summed E-state index contributed by atoms with van der Waals surface area (Å²) in [7, 11) is 0. The third-order valence-corrected chi connectivity index (χ3v) is 4.27. The van der Waals surface area contributed by atoms with Crippen LogP contribution in [0.5, 0.6) is 0 Å². The highest BCUT2D eigenvalue weighted by atomic mass is 32.2. The van der Waals surface area contributed by atoms with Crippen LogP contribution in [0, 0.1) is 0 Å². The highest BCUT2D eigenvalue weighted by molar-refractivity contribution is 7.99. The zero-order valence-electron chi connectivity index (χ0n) is 11.9. The Morgan fingerprint density at radius 3 is 2.41 bits per heavy atom. The van der Waals surface area contributed by atoms with Crippen LogP contribution in [0.25, 0.3) is 0 Å². The van der Waals surface area contributed by atoms with Crippen LogP contribution in [-0.4, -0.2) is 11.0 Å². The van der Waals surface area contributed by atoms with E-state index in [9.17, 15) is 0 Å². The first kappa shape index (κ1) is 16.5. The predicted octanol–water partition coefficient (Wildman–Crippen LogP) is 5.59. The Morgan fingerprint density at radius 1 is 1.29 bits per heavy atom. The van der Waals surface area contributed by atoms with Gasteiger partial charge in [-0.3, -0.25) is 0 Å². The molecule has 0 rings (SSSR count). The van der Waals surface area contributed by atoms with Gasteiger partial charge in [-0.25, -0.2) is 4.40 Å². The van der Waals surface area contributed by atoms with Crippen molar-refractivity contribution in [1.82, 2.24) is 0 Å². The molecule has 1 unspecified atom stereocenters. The van der Waals surface area contributed by atoms with Gasteiger partial charge in [-0.05, 0) is 44.2 Å². The fraction of sp³-hybridized carbons (Fsp3) is 0.667. The third-order valence-electron chi connectivity index (χ3n) is 3.10. The molecule has 0 N–H and O–H groups in total. The second-order valence-corrected chi connectivity index (χ2v) is 6.10. The number of allylic oxidation sites excluding steroid dienone is 1. The summed E-state index contributed by atoms with van der Waals surface area (Å²) in [6.07, 6.45) is 7.78. The first-order chi connectivity index (χ1) is 7.96. The largest absolute Gasteiger partial charge is 0.223 e. The van der Waals surface area contributed by atoms with Gasteiger partial charge < -0.3 is 0 Å². The first-order valence-corrected chi connectivity index (χ1v) is 7.29. The van der Waals surface area contributed by atoms with Crippen LogP contribution in [0.2, 0.25) is 0 Å². The lowest BCUT2D eigenvalue weighted by Crippen LogP contribution is -2.20. The van der Waals surface area contributed by atoms with E-state index >= 15 is 0 Å². The van der Waals surface area contributed by atoms with E-state index in [0.717, 1.165) is 18.4 Å². The Labute approximate surface area is 112 Å². The van der Waals surface area contributed by atoms with E-state index in [0.29, 0.717) is 0 Å². The molecule has 0 spiro atoms. The molecule has 1 nitrogen and oxygen atoms in total. The van der Waals surface area contributed by atoms with Gasteiger partial charge in [-0.1, -0.05) is 51.8 Å². The van der Waals surface area contributed by atoms with Crippen molar-refractivity contribution in [3.63, 3.8) is 0 Å². The summed E-state index contributed by atoms with van der Waals surface area (Å²) in [6, 6.07) is 0. The lowest BCUT2D eigenvalue weighted by molar-refractivity contribution is 0.590. The molecule has 0 fully saturated rings. The highest BCUT2D eigenvalue weighted by Crippen LogP contribution is 2.37. The summed E-state index contributed by atoms with van der Waals surface area (Å²) in [5.74, 6) is 0. The number of unbranched alkanes of at least 4 members (excludes halogenated alkanes) is 2. The van der Waals surface area contributed by atoms with Crippen molar-refractivity contribution in [3.8, 4) is 0 Å². The quantitative estimate of drug-likeness (QED) is 0.226. The highest BCUT2D eigenvalue weighted by Gasteiger charge is 2.25. The summed E-state index contributed by atoms with van der Waals surface area (Å²) in [5.41, 5.74) is 2.29. The van der Waals surface area contributed by atoms with Crippen LogP contribution in [0.1, 0.15) is 59.8 Å². The number of hydrogen-bond donors (Lipinski definition) is 0. The average molecular weight is 253 g/mol. The molecule has 0 aromatic rings. The van der Waals surface area contributed by atoms with Crippen LogP contribution < -0.4 is 0 Å². The Kier molecular flexibility index (Phi) is 8.32. The van der Waals surface area contributed by atoms with Crippen molar-refractivity contribution in [3.05, 3.63) is 24.3 Å². The maximum Gasteiger partial charge on any atom is 0.0553 e. The molecule has 0 aliphatic rings. The Balaban J connectivity index is 4.35. The maximum atomic E-state index is 4.45. The molecule has 0 saturated heterocycles. The lowest BCUT2D eigenvalue weighted by atomic mass is 9.96. The van der Waals surface area contributed by atoms with Crippen molar-refractivity contribution < 1.29 is 0 Å². The fourth-order valence-corrected chi connectivity index (χ4v) is 2.18. The Morgan fingerprint density at radius 2 is 1.94 bits per heavy atom. The van der Waals surface area contributed by atoms with Gasteiger partial charge in [0.1, 0.15) is 0 Å². The van der Waals surface area contributed by atoms with Gasteiger partial charge in [0.05, 0.1) is 4.75 Å². The van der Waals surface area contributed by atoms with Crippen LogP contribution in [-0.2, 0) is 0 Å². The number of rotatable bonds is 9. The summed E-state index contributed by atoms with van der Waals surface area (Å²) in [5, 5.41) is 0. The molecule has 0 aliphatic heterocycles. The molecule has 0 amide bonds. The van der Waals surface area contributed by atoms with Gasteiger partial charge in [-0.15, -0.1) is 0 Å². The Bertz CT molecular complexity index is 281. The Hall–Kier alpha value is -0.500. The van der Waals surface area contributed by atoms with Crippen LogP contribution >= 0.6 is 11.9 Å². The van der Waals surface area contributed by atoms with Crippen molar-refractivity contribution >= 4 is 18.2 Å². The molecule has 0 saturated carbocycles. The maximum absolute atomic E-state index is 4.45. The second kappa shape index (κ2) is 8.57. The molecule has 0 aliphatic carbocycles. The second-order valence-electron chi connectivity index (χ2n) is 4.81. The molecule has 0 bridgehead atoms. The summed E-state index contributed by atoms with van der Waals surface area (Å²) in [6.45, 7) is 16.7. The standard InChI is InChI=1S/C15H27NS/c1-7-9-10-11-15(6,13(3)4)17-16-12-14(5)8-2/h12H,3,5,7-11H2,1-2,4,6H3. The van der Waals surface area contributed by atoms with Gasteiger partial charge in [0.25, 0.3) is 0 Å².